The fraction of sp³-hybridized carbons (Fsp3) is 0.600. The highest BCUT2D eigenvalue weighted by atomic mass is 16.5. The smallest absolute Gasteiger partial charge is 0.320 e. The Balaban J connectivity index is 4.11. The summed E-state index contributed by atoms with van der Waals surface area (Å²) in [5, 5.41) is 8.74. The molecule has 1 unspecified atom stereocenters. The Bertz CT molecular complexity index is 210. The molecule has 0 aliphatic heterocycles. The highest BCUT2D eigenvalue weighted by Crippen LogP contribution is 2.10. The largest absolute Gasteiger partial charge is 0.481 e. The van der Waals surface area contributed by atoms with Crippen molar-refractivity contribution in [2.45, 2.75) is 26.2 Å². The number of hydrogen-bond donors (Lipinski definition) is 1. The molecule has 1 atom stereocenters. The number of rotatable bonds is 7. The zero-order chi connectivity index (χ0) is 11.0. The molecule has 4 heteroatoms. The van der Waals surface area contributed by atoms with Crippen molar-refractivity contribution in [1.82, 2.24) is 0 Å². The van der Waals surface area contributed by atoms with Gasteiger partial charge in [-0.25, -0.2) is 0 Å². The third-order valence-corrected chi connectivity index (χ3v) is 1.77. The number of aliphatic carboxylic acids is 1. The molecule has 0 heterocycles. The molecule has 0 radical (unpaired) electrons. The van der Waals surface area contributed by atoms with E-state index in [2.05, 4.69) is 11.3 Å². The van der Waals surface area contributed by atoms with Crippen molar-refractivity contribution < 1.29 is 19.4 Å². The van der Waals surface area contributed by atoms with E-state index in [1.165, 1.54) is 6.08 Å². The summed E-state index contributed by atoms with van der Waals surface area (Å²) in [7, 11) is 0. The van der Waals surface area contributed by atoms with Crippen LogP contribution >= 0.6 is 0 Å². The average Bonchev–Trinajstić information content (AvgIpc) is 2.14. The second kappa shape index (κ2) is 7.12. The van der Waals surface area contributed by atoms with Crippen LogP contribution in [-0.2, 0) is 14.3 Å². The minimum atomic E-state index is -1.12. The Hall–Kier alpha value is -1.32. The lowest BCUT2D eigenvalue weighted by molar-refractivity contribution is -0.158. The minimum Gasteiger partial charge on any atom is -0.481 e. The predicted octanol–water partition coefficient (Wildman–Crippen LogP) is 1.61. The van der Waals surface area contributed by atoms with Gasteiger partial charge in [-0.15, -0.1) is 0 Å². The number of carboxylic acid groups (broad SMARTS) is 1. The van der Waals surface area contributed by atoms with Gasteiger partial charge < -0.3 is 9.84 Å². The molecule has 0 aliphatic carbocycles. The molecule has 80 valence electrons. The van der Waals surface area contributed by atoms with Crippen LogP contribution in [-0.4, -0.2) is 23.7 Å². The number of esters is 1. The van der Waals surface area contributed by atoms with Crippen molar-refractivity contribution in [3.63, 3.8) is 0 Å². The molecular formula is C10H16O4. The zero-order valence-corrected chi connectivity index (χ0v) is 8.36. The highest BCUT2D eigenvalue weighted by Gasteiger charge is 2.26. The molecular weight excluding hydrogens is 184 g/mol. The Morgan fingerprint density at radius 2 is 2.21 bits per heavy atom. The van der Waals surface area contributed by atoms with Crippen molar-refractivity contribution >= 4 is 11.9 Å². The van der Waals surface area contributed by atoms with Crippen LogP contribution in [0.5, 0.6) is 0 Å². The van der Waals surface area contributed by atoms with E-state index >= 15 is 0 Å². The number of hydrogen-bond acceptors (Lipinski definition) is 3. The molecule has 0 spiro atoms. The summed E-state index contributed by atoms with van der Waals surface area (Å²) in [6.45, 7) is 5.38. The van der Waals surface area contributed by atoms with E-state index in [0.29, 0.717) is 12.8 Å². The van der Waals surface area contributed by atoms with Gasteiger partial charge in [0.05, 0.1) is 0 Å². The fourth-order valence-corrected chi connectivity index (χ4v) is 0.992. The van der Waals surface area contributed by atoms with Crippen LogP contribution in [0.25, 0.3) is 0 Å². The highest BCUT2D eigenvalue weighted by molar-refractivity contribution is 5.93. The van der Waals surface area contributed by atoms with Gasteiger partial charge in [0, 0.05) is 0 Å². The number of ether oxygens (including phenoxy) is 1. The minimum absolute atomic E-state index is 0.0642. The predicted molar refractivity (Wildman–Crippen MR) is 51.8 cm³/mol. The maximum Gasteiger partial charge on any atom is 0.320 e. The van der Waals surface area contributed by atoms with Crippen molar-refractivity contribution in [3.05, 3.63) is 12.7 Å². The van der Waals surface area contributed by atoms with Crippen LogP contribution in [0, 0.1) is 5.92 Å². The topological polar surface area (TPSA) is 63.6 Å². The normalized spacial score (nSPS) is 11.8. The van der Waals surface area contributed by atoms with Crippen molar-refractivity contribution in [3.8, 4) is 0 Å². The molecule has 0 bridgehead atoms. The van der Waals surface area contributed by atoms with Gasteiger partial charge in [-0.1, -0.05) is 32.4 Å². The number of carbonyl (C=O) groups excluding carboxylic acids is 1. The standard InChI is InChI=1S/C10H16O4/c1-3-5-6-8(9(11)12)10(13)14-7-4-2/h4,8H,2-3,5-7H2,1H3,(H,11,12). The summed E-state index contributed by atoms with van der Waals surface area (Å²) >= 11 is 0. The Morgan fingerprint density at radius 3 is 2.64 bits per heavy atom. The lowest BCUT2D eigenvalue weighted by Crippen LogP contribution is -2.25. The molecule has 0 saturated carbocycles. The summed E-state index contributed by atoms with van der Waals surface area (Å²) in [4.78, 5) is 21.9. The summed E-state index contributed by atoms with van der Waals surface area (Å²) in [5.41, 5.74) is 0. The SMILES string of the molecule is C=CCOC(=O)C(CCCC)C(=O)O. The van der Waals surface area contributed by atoms with Gasteiger partial charge >= 0.3 is 11.9 Å². The van der Waals surface area contributed by atoms with E-state index in [0.717, 1.165) is 6.42 Å². The third-order valence-electron chi connectivity index (χ3n) is 1.77. The zero-order valence-electron chi connectivity index (χ0n) is 8.36. The monoisotopic (exact) mass is 200 g/mol. The number of carbonyl (C=O) groups is 2. The van der Waals surface area contributed by atoms with Crippen LogP contribution in [0.2, 0.25) is 0 Å². The van der Waals surface area contributed by atoms with Crippen LogP contribution in [0.1, 0.15) is 26.2 Å². The molecule has 0 amide bonds. The number of carboxylic acids is 1. The second-order valence-corrected chi connectivity index (χ2v) is 2.95. The first-order chi connectivity index (χ1) is 6.63. The van der Waals surface area contributed by atoms with Gasteiger partial charge in [0.15, 0.2) is 5.92 Å². The van der Waals surface area contributed by atoms with E-state index in [1.54, 1.807) is 0 Å². The average molecular weight is 200 g/mol. The van der Waals surface area contributed by atoms with E-state index in [1.807, 2.05) is 6.92 Å². The van der Waals surface area contributed by atoms with E-state index in [4.69, 9.17) is 5.11 Å². The van der Waals surface area contributed by atoms with Gasteiger partial charge in [0.1, 0.15) is 6.61 Å². The lowest BCUT2D eigenvalue weighted by atomic mass is 10.0. The summed E-state index contributed by atoms with van der Waals surface area (Å²) in [6.07, 6.45) is 3.32. The van der Waals surface area contributed by atoms with Gasteiger partial charge in [-0.2, -0.15) is 0 Å². The van der Waals surface area contributed by atoms with Gasteiger partial charge in [-0.05, 0) is 6.42 Å². The molecule has 0 aromatic carbocycles. The summed E-state index contributed by atoms with van der Waals surface area (Å²) in [6, 6.07) is 0. The van der Waals surface area contributed by atoms with Gasteiger partial charge in [-0.3, -0.25) is 9.59 Å². The van der Waals surface area contributed by atoms with Gasteiger partial charge in [0.25, 0.3) is 0 Å². The van der Waals surface area contributed by atoms with Crippen LogP contribution < -0.4 is 0 Å². The Morgan fingerprint density at radius 1 is 1.57 bits per heavy atom. The van der Waals surface area contributed by atoms with E-state index in [-0.39, 0.29) is 6.61 Å². The van der Waals surface area contributed by atoms with Gasteiger partial charge in [0.2, 0.25) is 0 Å². The van der Waals surface area contributed by atoms with Crippen LogP contribution in [0.3, 0.4) is 0 Å². The third kappa shape index (κ3) is 4.64. The summed E-state index contributed by atoms with van der Waals surface area (Å²) < 4.78 is 4.67. The maximum atomic E-state index is 11.2. The van der Waals surface area contributed by atoms with Crippen molar-refractivity contribution in [1.29, 1.82) is 0 Å². The molecule has 0 aromatic heterocycles. The molecule has 0 aliphatic rings. The first-order valence-corrected chi connectivity index (χ1v) is 4.63. The van der Waals surface area contributed by atoms with Crippen LogP contribution in [0.4, 0.5) is 0 Å². The van der Waals surface area contributed by atoms with Crippen LogP contribution in [0.15, 0.2) is 12.7 Å². The molecule has 0 rings (SSSR count). The lowest BCUT2D eigenvalue weighted by Gasteiger charge is -2.09. The summed E-state index contributed by atoms with van der Waals surface area (Å²) in [5.74, 6) is -2.83. The van der Waals surface area contributed by atoms with Crippen molar-refractivity contribution in [2.75, 3.05) is 6.61 Å². The molecule has 0 fully saturated rings. The first kappa shape index (κ1) is 12.7. The maximum absolute atomic E-state index is 11.2. The second-order valence-electron chi connectivity index (χ2n) is 2.95. The number of unbranched alkanes of at least 4 members (excludes halogenated alkanes) is 1. The fourth-order valence-electron chi connectivity index (χ4n) is 0.992. The Kier molecular flexibility index (Phi) is 6.45. The molecule has 0 saturated heterocycles. The molecule has 14 heavy (non-hydrogen) atoms. The van der Waals surface area contributed by atoms with E-state index in [9.17, 15) is 9.59 Å². The molecule has 1 N–H and O–H groups in total. The quantitative estimate of drug-likeness (QED) is 0.385. The molecule has 4 nitrogen and oxygen atoms in total. The molecule has 0 aromatic rings. The first-order valence-electron chi connectivity index (χ1n) is 4.63. The van der Waals surface area contributed by atoms with E-state index < -0.39 is 17.9 Å². The Labute approximate surface area is 83.6 Å². The van der Waals surface area contributed by atoms with Crippen molar-refractivity contribution in [2.24, 2.45) is 5.92 Å².